The highest BCUT2D eigenvalue weighted by molar-refractivity contribution is 8.17. The summed E-state index contributed by atoms with van der Waals surface area (Å²) in [6, 6.07) is 0. The molecule has 0 bridgehead atoms. The average Bonchev–Trinajstić information content (AvgIpc) is 1.85. The first-order valence-corrected chi connectivity index (χ1v) is 4.50. The van der Waals surface area contributed by atoms with Gasteiger partial charge in [-0.2, -0.15) is 0 Å². The normalized spacial score (nSPS) is 13.4. The third-order valence-electron chi connectivity index (χ3n) is 1.42. The number of aliphatic imine (C=N–C) groups is 1. The Balaban J connectivity index is 4.10. The van der Waals surface area contributed by atoms with E-state index in [0.717, 1.165) is 5.04 Å². The third-order valence-corrected chi connectivity index (χ3v) is 2.76. The van der Waals surface area contributed by atoms with Crippen LogP contribution in [-0.2, 0) is 0 Å². The van der Waals surface area contributed by atoms with Crippen LogP contribution in [0.4, 0.5) is 0 Å². The number of hydrogen-bond acceptors (Lipinski definition) is 2. The molecule has 0 radical (unpaired) electrons. The van der Waals surface area contributed by atoms with E-state index in [1.165, 1.54) is 4.91 Å². The fourth-order valence-electron chi connectivity index (χ4n) is 0.377. The van der Waals surface area contributed by atoms with E-state index in [1.807, 2.05) is 6.92 Å². The molecular formula is C9H17NS. The SMILES string of the molecule is C=C(SC(C)=NC)C(C)(C)C. The van der Waals surface area contributed by atoms with Crippen LogP contribution in [0.25, 0.3) is 0 Å². The highest BCUT2D eigenvalue weighted by Crippen LogP contribution is 2.33. The van der Waals surface area contributed by atoms with Crippen LogP contribution in [0.3, 0.4) is 0 Å². The van der Waals surface area contributed by atoms with Crippen molar-refractivity contribution in [2.24, 2.45) is 10.4 Å². The predicted molar refractivity (Wildman–Crippen MR) is 55.2 cm³/mol. The van der Waals surface area contributed by atoms with E-state index in [-0.39, 0.29) is 5.41 Å². The summed E-state index contributed by atoms with van der Waals surface area (Å²) < 4.78 is 0. The lowest BCUT2D eigenvalue weighted by Crippen LogP contribution is -2.06. The molecule has 0 spiro atoms. The molecule has 0 aromatic rings. The van der Waals surface area contributed by atoms with Crippen molar-refractivity contribution in [3.8, 4) is 0 Å². The Morgan fingerprint density at radius 2 is 1.82 bits per heavy atom. The largest absolute Gasteiger partial charge is 0.286 e. The zero-order valence-electron chi connectivity index (χ0n) is 8.06. The number of allylic oxidation sites excluding steroid dienone is 1. The van der Waals surface area contributed by atoms with E-state index < -0.39 is 0 Å². The Kier molecular flexibility index (Phi) is 3.87. The molecule has 0 unspecified atom stereocenters. The highest BCUT2D eigenvalue weighted by atomic mass is 32.2. The van der Waals surface area contributed by atoms with Crippen molar-refractivity contribution in [3.63, 3.8) is 0 Å². The molecule has 0 aromatic heterocycles. The minimum Gasteiger partial charge on any atom is -0.286 e. The topological polar surface area (TPSA) is 12.4 Å². The molecule has 1 nitrogen and oxygen atoms in total. The van der Waals surface area contributed by atoms with E-state index in [1.54, 1.807) is 18.8 Å². The summed E-state index contributed by atoms with van der Waals surface area (Å²) in [5, 5.41) is 1.07. The molecule has 0 aromatic carbocycles. The molecule has 0 fully saturated rings. The molecular weight excluding hydrogens is 154 g/mol. The Morgan fingerprint density at radius 3 is 2.09 bits per heavy atom. The van der Waals surface area contributed by atoms with E-state index in [0.29, 0.717) is 0 Å². The van der Waals surface area contributed by atoms with Crippen molar-refractivity contribution in [2.45, 2.75) is 27.7 Å². The second-order valence-corrected chi connectivity index (χ2v) is 4.81. The average molecular weight is 171 g/mol. The van der Waals surface area contributed by atoms with Crippen molar-refractivity contribution in [1.82, 2.24) is 0 Å². The van der Waals surface area contributed by atoms with Gasteiger partial charge in [-0.25, -0.2) is 0 Å². The summed E-state index contributed by atoms with van der Waals surface area (Å²) >= 11 is 1.66. The van der Waals surface area contributed by atoms with Crippen molar-refractivity contribution < 1.29 is 0 Å². The molecule has 0 aliphatic rings. The molecule has 64 valence electrons. The maximum atomic E-state index is 4.06. The summed E-state index contributed by atoms with van der Waals surface area (Å²) in [4.78, 5) is 5.23. The molecule has 0 heterocycles. The lowest BCUT2D eigenvalue weighted by Gasteiger charge is -2.20. The first kappa shape index (κ1) is 10.8. The number of nitrogens with zero attached hydrogens (tertiary/aromatic N) is 1. The molecule has 0 saturated carbocycles. The van der Waals surface area contributed by atoms with Crippen LogP contribution in [-0.4, -0.2) is 12.1 Å². The molecule has 0 atom stereocenters. The quantitative estimate of drug-likeness (QED) is 0.435. The Hall–Kier alpha value is -0.240. The van der Waals surface area contributed by atoms with Crippen LogP contribution in [0.15, 0.2) is 16.5 Å². The van der Waals surface area contributed by atoms with E-state index in [2.05, 4.69) is 32.3 Å². The molecule has 2 heteroatoms. The summed E-state index contributed by atoms with van der Waals surface area (Å²) in [6.07, 6.45) is 0. The van der Waals surface area contributed by atoms with Crippen molar-refractivity contribution in [3.05, 3.63) is 11.5 Å². The molecule has 11 heavy (non-hydrogen) atoms. The zero-order valence-corrected chi connectivity index (χ0v) is 8.88. The van der Waals surface area contributed by atoms with Crippen LogP contribution >= 0.6 is 11.8 Å². The van der Waals surface area contributed by atoms with Crippen LogP contribution in [0.2, 0.25) is 0 Å². The van der Waals surface area contributed by atoms with Crippen LogP contribution in [0.5, 0.6) is 0 Å². The fourth-order valence-corrected chi connectivity index (χ4v) is 1.13. The zero-order chi connectivity index (χ0) is 9.07. The van der Waals surface area contributed by atoms with Gasteiger partial charge in [0.05, 0.1) is 5.04 Å². The van der Waals surface area contributed by atoms with E-state index in [4.69, 9.17) is 0 Å². The first-order chi connectivity index (χ1) is 4.88. The van der Waals surface area contributed by atoms with Gasteiger partial charge in [-0.1, -0.05) is 39.1 Å². The lowest BCUT2D eigenvalue weighted by atomic mass is 9.97. The lowest BCUT2D eigenvalue weighted by molar-refractivity contribution is 0.535. The van der Waals surface area contributed by atoms with Crippen molar-refractivity contribution in [2.75, 3.05) is 7.05 Å². The van der Waals surface area contributed by atoms with Gasteiger partial charge in [-0.15, -0.1) is 0 Å². The van der Waals surface area contributed by atoms with Gasteiger partial charge in [0.25, 0.3) is 0 Å². The highest BCUT2D eigenvalue weighted by Gasteiger charge is 2.15. The van der Waals surface area contributed by atoms with Gasteiger partial charge < -0.3 is 0 Å². The molecule has 0 saturated heterocycles. The van der Waals surface area contributed by atoms with Gasteiger partial charge in [-0.05, 0) is 17.2 Å². The van der Waals surface area contributed by atoms with E-state index >= 15 is 0 Å². The Bertz CT molecular complexity index is 174. The maximum Gasteiger partial charge on any atom is 0.0685 e. The van der Waals surface area contributed by atoms with Gasteiger partial charge in [0.15, 0.2) is 0 Å². The first-order valence-electron chi connectivity index (χ1n) is 3.68. The monoisotopic (exact) mass is 171 g/mol. The number of hydrogen-bond donors (Lipinski definition) is 0. The smallest absolute Gasteiger partial charge is 0.0685 e. The van der Waals surface area contributed by atoms with Crippen LogP contribution in [0.1, 0.15) is 27.7 Å². The molecule has 0 aliphatic heterocycles. The molecule has 0 rings (SSSR count). The molecule has 0 N–H and O–H groups in total. The van der Waals surface area contributed by atoms with Gasteiger partial charge in [0, 0.05) is 7.05 Å². The van der Waals surface area contributed by atoms with Crippen molar-refractivity contribution >= 4 is 16.8 Å². The number of thioether (sulfide) groups is 1. The van der Waals surface area contributed by atoms with Crippen LogP contribution in [0, 0.1) is 5.41 Å². The Labute approximate surface area is 74.0 Å². The molecule has 0 amide bonds. The van der Waals surface area contributed by atoms with Gasteiger partial charge in [-0.3, -0.25) is 4.99 Å². The van der Waals surface area contributed by atoms with Crippen LogP contribution < -0.4 is 0 Å². The Morgan fingerprint density at radius 1 is 1.36 bits per heavy atom. The van der Waals surface area contributed by atoms with Crippen molar-refractivity contribution in [1.29, 1.82) is 0 Å². The third kappa shape index (κ3) is 4.25. The maximum absolute atomic E-state index is 4.06. The van der Waals surface area contributed by atoms with E-state index in [9.17, 15) is 0 Å². The number of rotatable bonds is 1. The summed E-state index contributed by atoms with van der Waals surface area (Å²) in [5.41, 5.74) is 0.177. The second kappa shape index (κ2) is 3.96. The standard InChI is InChI=1S/C9H17NS/c1-7(9(3,4)5)11-8(2)10-6/h1H2,2-6H3. The van der Waals surface area contributed by atoms with Gasteiger partial charge in [0.1, 0.15) is 0 Å². The fraction of sp³-hybridized carbons (Fsp3) is 0.667. The minimum absolute atomic E-state index is 0.177. The summed E-state index contributed by atoms with van der Waals surface area (Å²) in [7, 11) is 1.80. The van der Waals surface area contributed by atoms with Gasteiger partial charge in [0.2, 0.25) is 0 Å². The summed E-state index contributed by atoms with van der Waals surface area (Å²) in [6.45, 7) is 12.5. The minimum atomic E-state index is 0.177. The molecule has 0 aliphatic carbocycles. The van der Waals surface area contributed by atoms with Gasteiger partial charge >= 0.3 is 0 Å². The summed E-state index contributed by atoms with van der Waals surface area (Å²) in [5.74, 6) is 0. The predicted octanol–water partition coefficient (Wildman–Crippen LogP) is 3.33. The second-order valence-electron chi connectivity index (χ2n) is 3.52.